The van der Waals surface area contributed by atoms with Gasteiger partial charge in [0.1, 0.15) is 0 Å². The lowest BCUT2D eigenvalue weighted by molar-refractivity contribution is 0.679. The first-order chi connectivity index (χ1) is 8.06. The zero-order valence-corrected chi connectivity index (χ0v) is 10.4. The SMILES string of the molecule is Cc1cn(Cc2ccc(N(C)C)cc2)[nH]c1=O. The maximum Gasteiger partial charge on any atom is 0.266 e. The first-order valence-electron chi connectivity index (χ1n) is 5.58. The summed E-state index contributed by atoms with van der Waals surface area (Å²) < 4.78 is 1.81. The molecule has 0 saturated heterocycles. The van der Waals surface area contributed by atoms with Gasteiger partial charge in [0.05, 0.1) is 6.54 Å². The fraction of sp³-hybridized carbons (Fsp3) is 0.308. The second kappa shape index (κ2) is 4.49. The van der Waals surface area contributed by atoms with E-state index in [2.05, 4.69) is 34.3 Å². The number of benzene rings is 1. The topological polar surface area (TPSA) is 41.0 Å². The number of aryl methyl sites for hydroxylation is 1. The monoisotopic (exact) mass is 231 g/mol. The van der Waals surface area contributed by atoms with Crippen LogP contribution in [0.3, 0.4) is 0 Å². The first-order valence-corrected chi connectivity index (χ1v) is 5.58. The molecule has 2 rings (SSSR count). The van der Waals surface area contributed by atoms with Crippen LogP contribution >= 0.6 is 0 Å². The van der Waals surface area contributed by atoms with Crippen molar-refractivity contribution in [2.75, 3.05) is 19.0 Å². The molecule has 4 nitrogen and oxygen atoms in total. The van der Waals surface area contributed by atoms with E-state index in [4.69, 9.17) is 0 Å². The molecule has 0 spiro atoms. The Hall–Kier alpha value is -1.97. The third-order valence-electron chi connectivity index (χ3n) is 2.76. The van der Waals surface area contributed by atoms with Crippen LogP contribution in [0, 0.1) is 6.92 Å². The summed E-state index contributed by atoms with van der Waals surface area (Å²) in [6.07, 6.45) is 1.84. The third kappa shape index (κ3) is 2.58. The highest BCUT2D eigenvalue weighted by Gasteiger charge is 2.00. The average Bonchev–Trinajstić information content (AvgIpc) is 2.58. The maximum absolute atomic E-state index is 11.3. The van der Waals surface area contributed by atoms with Crippen LogP contribution in [0.25, 0.3) is 0 Å². The second-order valence-electron chi connectivity index (χ2n) is 4.44. The Morgan fingerprint density at radius 1 is 1.24 bits per heavy atom. The predicted octanol–water partition coefficient (Wildman–Crippen LogP) is 1.60. The molecule has 0 aliphatic heterocycles. The second-order valence-corrected chi connectivity index (χ2v) is 4.44. The van der Waals surface area contributed by atoms with Gasteiger partial charge in [-0.15, -0.1) is 0 Å². The van der Waals surface area contributed by atoms with Crippen molar-refractivity contribution in [3.8, 4) is 0 Å². The van der Waals surface area contributed by atoms with Crippen LogP contribution < -0.4 is 10.5 Å². The molecule has 0 fully saturated rings. The van der Waals surface area contributed by atoms with Gasteiger partial charge in [0.25, 0.3) is 5.56 Å². The molecule has 1 heterocycles. The van der Waals surface area contributed by atoms with Crippen LogP contribution in [0.2, 0.25) is 0 Å². The lowest BCUT2D eigenvalue weighted by Crippen LogP contribution is -2.09. The minimum atomic E-state index is -0.0186. The number of aromatic amines is 1. The number of anilines is 1. The summed E-state index contributed by atoms with van der Waals surface area (Å²) in [5.74, 6) is 0. The molecule has 0 bridgehead atoms. The number of nitrogens with one attached hydrogen (secondary N) is 1. The summed E-state index contributed by atoms with van der Waals surface area (Å²) in [5, 5.41) is 2.78. The van der Waals surface area contributed by atoms with Crippen LogP contribution in [-0.2, 0) is 6.54 Å². The van der Waals surface area contributed by atoms with Gasteiger partial charge in [0.2, 0.25) is 0 Å². The van der Waals surface area contributed by atoms with Crippen LogP contribution in [0.1, 0.15) is 11.1 Å². The number of hydrogen-bond donors (Lipinski definition) is 1. The van der Waals surface area contributed by atoms with E-state index < -0.39 is 0 Å². The lowest BCUT2D eigenvalue weighted by Gasteiger charge is -2.12. The van der Waals surface area contributed by atoms with Gasteiger partial charge in [-0.3, -0.25) is 14.6 Å². The molecule has 0 atom stereocenters. The molecule has 0 unspecified atom stereocenters. The average molecular weight is 231 g/mol. The lowest BCUT2D eigenvalue weighted by atomic mass is 10.2. The zero-order valence-electron chi connectivity index (χ0n) is 10.4. The highest BCUT2D eigenvalue weighted by molar-refractivity contribution is 5.45. The maximum atomic E-state index is 11.3. The molecule has 0 amide bonds. The van der Waals surface area contributed by atoms with Crippen molar-refractivity contribution in [2.24, 2.45) is 0 Å². The van der Waals surface area contributed by atoms with E-state index in [9.17, 15) is 4.79 Å². The van der Waals surface area contributed by atoms with Crippen molar-refractivity contribution in [1.82, 2.24) is 9.78 Å². The van der Waals surface area contributed by atoms with Gasteiger partial charge in [-0.2, -0.15) is 0 Å². The standard InChI is InChI=1S/C13H17N3O/c1-10-8-16(14-13(10)17)9-11-4-6-12(7-5-11)15(2)3/h4-8H,9H2,1-3H3,(H,14,17). The highest BCUT2D eigenvalue weighted by Crippen LogP contribution is 2.12. The quantitative estimate of drug-likeness (QED) is 0.871. The van der Waals surface area contributed by atoms with Crippen LogP contribution in [0.4, 0.5) is 5.69 Å². The van der Waals surface area contributed by atoms with E-state index >= 15 is 0 Å². The summed E-state index contributed by atoms with van der Waals surface area (Å²) in [5.41, 5.74) is 3.07. The van der Waals surface area contributed by atoms with Crippen LogP contribution in [-0.4, -0.2) is 23.9 Å². The Bertz CT molecular complexity index is 549. The number of rotatable bonds is 3. The van der Waals surface area contributed by atoms with Crippen LogP contribution in [0.5, 0.6) is 0 Å². The molecular formula is C13H17N3O. The molecule has 0 radical (unpaired) electrons. The number of hydrogen-bond acceptors (Lipinski definition) is 2. The number of aromatic nitrogens is 2. The summed E-state index contributed by atoms with van der Waals surface area (Å²) in [7, 11) is 4.03. The van der Waals surface area contributed by atoms with Crippen molar-refractivity contribution < 1.29 is 0 Å². The molecule has 90 valence electrons. The van der Waals surface area contributed by atoms with Crippen molar-refractivity contribution in [1.29, 1.82) is 0 Å². The third-order valence-corrected chi connectivity index (χ3v) is 2.76. The normalized spacial score (nSPS) is 10.5. The summed E-state index contributed by atoms with van der Waals surface area (Å²) in [6, 6.07) is 8.29. The molecule has 1 aromatic carbocycles. The van der Waals surface area contributed by atoms with Crippen molar-refractivity contribution >= 4 is 5.69 Å². The Kier molecular flexibility index (Phi) is 3.04. The molecule has 1 N–H and O–H groups in total. The molecule has 17 heavy (non-hydrogen) atoms. The smallest absolute Gasteiger partial charge is 0.266 e. The van der Waals surface area contributed by atoms with E-state index in [-0.39, 0.29) is 5.56 Å². The van der Waals surface area contributed by atoms with Crippen molar-refractivity contribution in [3.05, 3.63) is 51.9 Å². The van der Waals surface area contributed by atoms with Gasteiger partial charge in [-0.05, 0) is 24.6 Å². The fourth-order valence-corrected chi connectivity index (χ4v) is 1.72. The van der Waals surface area contributed by atoms with E-state index in [0.717, 1.165) is 5.56 Å². The molecule has 1 aromatic heterocycles. The zero-order chi connectivity index (χ0) is 12.4. The number of H-pyrrole nitrogens is 1. The minimum absolute atomic E-state index is 0.0186. The molecule has 0 saturated carbocycles. The molecule has 2 aromatic rings. The number of nitrogens with zero attached hydrogens (tertiary/aromatic N) is 2. The Morgan fingerprint density at radius 2 is 1.88 bits per heavy atom. The highest BCUT2D eigenvalue weighted by atomic mass is 16.1. The fourth-order valence-electron chi connectivity index (χ4n) is 1.72. The Balaban J connectivity index is 2.16. The van der Waals surface area contributed by atoms with Gasteiger partial charge in [-0.1, -0.05) is 12.1 Å². The van der Waals surface area contributed by atoms with Gasteiger partial charge >= 0.3 is 0 Å². The molecule has 0 aliphatic carbocycles. The molecule has 0 aliphatic rings. The summed E-state index contributed by atoms with van der Waals surface area (Å²) in [6.45, 7) is 2.50. The largest absolute Gasteiger partial charge is 0.378 e. The van der Waals surface area contributed by atoms with Gasteiger partial charge in [0, 0.05) is 31.5 Å². The van der Waals surface area contributed by atoms with E-state index in [1.54, 1.807) is 0 Å². The van der Waals surface area contributed by atoms with E-state index in [0.29, 0.717) is 6.54 Å². The molecular weight excluding hydrogens is 214 g/mol. The van der Waals surface area contributed by atoms with Crippen molar-refractivity contribution in [2.45, 2.75) is 13.5 Å². The van der Waals surface area contributed by atoms with Gasteiger partial charge in [-0.25, -0.2) is 0 Å². The van der Waals surface area contributed by atoms with Gasteiger partial charge in [0.15, 0.2) is 0 Å². The summed E-state index contributed by atoms with van der Waals surface area (Å²) >= 11 is 0. The van der Waals surface area contributed by atoms with Crippen molar-refractivity contribution in [3.63, 3.8) is 0 Å². The molecule has 4 heteroatoms. The first kappa shape index (κ1) is 11.5. The Morgan fingerprint density at radius 3 is 2.35 bits per heavy atom. The van der Waals surface area contributed by atoms with E-state index in [1.807, 2.05) is 31.9 Å². The van der Waals surface area contributed by atoms with Gasteiger partial charge < -0.3 is 4.90 Å². The summed E-state index contributed by atoms with van der Waals surface area (Å²) in [4.78, 5) is 13.4. The minimum Gasteiger partial charge on any atom is -0.378 e. The van der Waals surface area contributed by atoms with E-state index in [1.165, 1.54) is 11.3 Å². The predicted molar refractivity (Wildman–Crippen MR) is 69.7 cm³/mol. The van der Waals surface area contributed by atoms with Crippen LogP contribution in [0.15, 0.2) is 35.3 Å². The Labute approximate surface area is 100 Å².